The Kier molecular flexibility index (Phi) is 4.90. The molecule has 0 atom stereocenters. The van der Waals surface area contributed by atoms with Gasteiger partial charge in [-0.25, -0.2) is 0 Å². The van der Waals surface area contributed by atoms with Crippen LogP contribution >= 0.6 is 12.4 Å². The number of hydrogen-bond acceptors (Lipinski definition) is 3. The van der Waals surface area contributed by atoms with E-state index in [1.54, 1.807) is 0 Å². The van der Waals surface area contributed by atoms with Crippen LogP contribution in [0.2, 0.25) is 0 Å². The summed E-state index contributed by atoms with van der Waals surface area (Å²) in [5.41, 5.74) is 1.24. The van der Waals surface area contributed by atoms with E-state index in [2.05, 4.69) is 25.2 Å². The largest absolute Gasteiger partial charge is 0.454 e. The van der Waals surface area contributed by atoms with Gasteiger partial charge >= 0.3 is 0 Å². The van der Waals surface area contributed by atoms with E-state index in [1.165, 1.54) is 5.56 Å². The van der Waals surface area contributed by atoms with Gasteiger partial charge < -0.3 is 14.8 Å². The molecule has 0 spiro atoms. The predicted molar refractivity (Wildman–Crippen MR) is 66.4 cm³/mol. The lowest BCUT2D eigenvalue weighted by atomic mass is 10.2. The lowest BCUT2D eigenvalue weighted by Crippen LogP contribution is -2.18. The van der Waals surface area contributed by atoms with Gasteiger partial charge in [0.25, 0.3) is 0 Å². The van der Waals surface area contributed by atoms with E-state index in [9.17, 15) is 0 Å². The molecule has 1 aliphatic heterocycles. The topological polar surface area (TPSA) is 30.5 Å². The Hall–Kier alpha value is -0.930. The van der Waals surface area contributed by atoms with Crippen LogP contribution in [0.5, 0.6) is 11.5 Å². The van der Waals surface area contributed by atoms with Gasteiger partial charge in [0, 0.05) is 6.54 Å². The Morgan fingerprint density at radius 3 is 2.75 bits per heavy atom. The van der Waals surface area contributed by atoms with Gasteiger partial charge in [0.2, 0.25) is 6.79 Å². The first-order valence-electron chi connectivity index (χ1n) is 5.35. The molecule has 0 saturated carbocycles. The van der Waals surface area contributed by atoms with Gasteiger partial charge in [-0.15, -0.1) is 12.4 Å². The smallest absolute Gasteiger partial charge is 0.231 e. The molecule has 1 N–H and O–H groups in total. The lowest BCUT2D eigenvalue weighted by molar-refractivity contribution is 0.174. The van der Waals surface area contributed by atoms with Crippen molar-refractivity contribution in [3.8, 4) is 11.5 Å². The van der Waals surface area contributed by atoms with Crippen LogP contribution in [0.25, 0.3) is 0 Å². The molecule has 0 aliphatic carbocycles. The van der Waals surface area contributed by atoms with Crippen molar-refractivity contribution in [2.24, 2.45) is 5.92 Å². The lowest BCUT2D eigenvalue weighted by Gasteiger charge is -2.07. The molecule has 2 rings (SSSR count). The minimum atomic E-state index is 0. The SMILES string of the molecule is CC(C)CNCc1ccc2c(c1)OCO2.Cl. The maximum absolute atomic E-state index is 5.32. The molecule has 0 radical (unpaired) electrons. The van der Waals surface area contributed by atoms with Gasteiger partial charge in [-0.05, 0) is 30.2 Å². The number of benzene rings is 1. The number of ether oxygens (including phenoxy) is 2. The van der Waals surface area contributed by atoms with Gasteiger partial charge in [-0.1, -0.05) is 19.9 Å². The maximum Gasteiger partial charge on any atom is 0.231 e. The minimum absolute atomic E-state index is 0. The molecule has 0 unspecified atom stereocenters. The molecule has 1 heterocycles. The highest BCUT2D eigenvalue weighted by Crippen LogP contribution is 2.32. The third-order valence-electron chi connectivity index (χ3n) is 2.32. The molecule has 1 aromatic rings. The van der Waals surface area contributed by atoms with Crippen molar-refractivity contribution in [2.45, 2.75) is 20.4 Å². The van der Waals surface area contributed by atoms with E-state index in [1.807, 2.05) is 12.1 Å². The fourth-order valence-corrected chi connectivity index (χ4v) is 1.56. The molecular formula is C12H18ClNO2. The summed E-state index contributed by atoms with van der Waals surface area (Å²) in [5.74, 6) is 2.39. The summed E-state index contributed by atoms with van der Waals surface area (Å²) in [4.78, 5) is 0. The van der Waals surface area contributed by atoms with Gasteiger partial charge in [0.05, 0.1) is 0 Å². The second-order valence-corrected chi connectivity index (χ2v) is 4.21. The number of rotatable bonds is 4. The monoisotopic (exact) mass is 243 g/mol. The summed E-state index contributed by atoms with van der Waals surface area (Å²) in [5, 5.41) is 3.40. The van der Waals surface area contributed by atoms with Crippen molar-refractivity contribution in [3.63, 3.8) is 0 Å². The van der Waals surface area contributed by atoms with Crippen molar-refractivity contribution >= 4 is 12.4 Å². The Bertz CT molecular complexity index is 342. The normalized spacial score (nSPS) is 12.7. The average Bonchev–Trinajstić information content (AvgIpc) is 2.64. The first-order valence-corrected chi connectivity index (χ1v) is 5.35. The van der Waals surface area contributed by atoms with Crippen molar-refractivity contribution in [2.75, 3.05) is 13.3 Å². The van der Waals surface area contributed by atoms with Crippen LogP contribution in [-0.4, -0.2) is 13.3 Å². The van der Waals surface area contributed by atoms with Crippen molar-refractivity contribution in [1.82, 2.24) is 5.32 Å². The molecule has 3 nitrogen and oxygen atoms in total. The zero-order valence-corrected chi connectivity index (χ0v) is 10.5. The zero-order valence-electron chi connectivity index (χ0n) is 9.66. The summed E-state index contributed by atoms with van der Waals surface area (Å²) in [6, 6.07) is 6.07. The maximum atomic E-state index is 5.32. The molecular weight excluding hydrogens is 226 g/mol. The quantitative estimate of drug-likeness (QED) is 0.882. The molecule has 16 heavy (non-hydrogen) atoms. The number of nitrogens with one attached hydrogen (secondary N) is 1. The van der Waals surface area contributed by atoms with Crippen molar-refractivity contribution < 1.29 is 9.47 Å². The van der Waals surface area contributed by atoms with E-state index >= 15 is 0 Å². The average molecular weight is 244 g/mol. The minimum Gasteiger partial charge on any atom is -0.454 e. The van der Waals surface area contributed by atoms with Gasteiger partial charge in [0.1, 0.15) is 0 Å². The molecule has 0 amide bonds. The predicted octanol–water partition coefficient (Wildman–Crippen LogP) is 2.58. The Balaban J connectivity index is 0.00000128. The molecule has 0 fully saturated rings. The Morgan fingerprint density at radius 1 is 1.25 bits per heavy atom. The van der Waals surface area contributed by atoms with E-state index in [4.69, 9.17) is 9.47 Å². The number of fused-ring (bicyclic) bond motifs is 1. The molecule has 90 valence electrons. The molecule has 1 aliphatic rings. The van der Waals surface area contributed by atoms with Gasteiger partial charge in [0.15, 0.2) is 11.5 Å². The fraction of sp³-hybridized carbons (Fsp3) is 0.500. The number of halogens is 1. The second-order valence-electron chi connectivity index (χ2n) is 4.21. The Morgan fingerprint density at radius 2 is 2.00 bits per heavy atom. The molecule has 0 aromatic heterocycles. The van der Waals surface area contributed by atoms with Crippen LogP contribution in [0.15, 0.2) is 18.2 Å². The fourth-order valence-electron chi connectivity index (χ4n) is 1.56. The van der Waals surface area contributed by atoms with Crippen molar-refractivity contribution in [1.29, 1.82) is 0 Å². The molecule has 0 saturated heterocycles. The van der Waals surface area contributed by atoms with Crippen LogP contribution in [0.4, 0.5) is 0 Å². The van der Waals surface area contributed by atoms with Crippen LogP contribution < -0.4 is 14.8 Å². The Labute approximate surface area is 103 Å². The van der Waals surface area contributed by atoms with E-state index < -0.39 is 0 Å². The van der Waals surface area contributed by atoms with Crippen molar-refractivity contribution in [3.05, 3.63) is 23.8 Å². The third-order valence-corrected chi connectivity index (χ3v) is 2.32. The highest BCUT2D eigenvalue weighted by atomic mass is 35.5. The van der Waals surface area contributed by atoms with E-state index in [0.29, 0.717) is 12.7 Å². The van der Waals surface area contributed by atoms with Crippen LogP contribution in [0, 0.1) is 5.92 Å². The molecule has 1 aromatic carbocycles. The molecule has 0 bridgehead atoms. The summed E-state index contributed by atoms with van der Waals surface area (Å²) < 4.78 is 10.6. The van der Waals surface area contributed by atoms with E-state index in [-0.39, 0.29) is 12.4 Å². The first kappa shape index (κ1) is 13.1. The van der Waals surface area contributed by atoms with Crippen LogP contribution in [0.1, 0.15) is 19.4 Å². The standard InChI is InChI=1S/C12H17NO2.ClH/c1-9(2)6-13-7-10-3-4-11-12(5-10)15-8-14-11;/h3-5,9,13H,6-8H2,1-2H3;1H. The summed E-state index contributed by atoms with van der Waals surface area (Å²) in [7, 11) is 0. The summed E-state index contributed by atoms with van der Waals surface area (Å²) in [6.45, 7) is 6.67. The number of hydrogen-bond donors (Lipinski definition) is 1. The third kappa shape index (κ3) is 3.29. The van der Waals surface area contributed by atoms with Gasteiger partial charge in [-0.3, -0.25) is 0 Å². The first-order chi connectivity index (χ1) is 7.25. The summed E-state index contributed by atoms with van der Waals surface area (Å²) in [6.07, 6.45) is 0. The molecule has 4 heteroatoms. The second kappa shape index (κ2) is 5.97. The highest BCUT2D eigenvalue weighted by Gasteiger charge is 2.12. The summed E-state index contributed by atoms with van der Waals surface area (Å²) >= 11 is 0. The zero-order chi connectivity index (χ0) is 10.7. The van der Waals surface area contributed by atoms with Crippen LogP contribution in [0.3, 0.4) is 0 Å². The van der Waals surface area contributed by atoms with E-state index in [0.717, 1.165) is 24.6 Å². The van der Waals surface area contributed by atoms with Crippen LogP contribution in [-0.2, 0) is 6.54 Å². The van der Waals surface area contributed by atoms with Gasteiger partial charge in [-0.2, -0.15) is 0 Å². The highest BCUT2D eigenvalue weighted by molar-refractivity contribution is 5.85.